The predicted octanol–water partition coefficient (Wildman–Crippen LogP) is 4.58. The van der Waals surface area contributed by atoms with Crippen LogP contribution in [0.25, 0.3) is 0 Å². The van der Waals surface area contributed by atoms with E-state index in [0.717, 1.165) is 11.6 Å². The van der Waals surface area contributed by atoms with Gasteiger partial charge in [-0.25, -0.2) is 12.8 Å². The van der Waals surface area contributed by atoms with Crippen molar-refractivity contribution in [1.29, 1.82) is 0 Å². The van der Waals surface area contributed by atoms with Crippen molar-refractivity contribution in [3.8, 4) is 0 Å². The first-order valence-electron chi connectivity index (χ1n) is 11.0. The number of halogens is 3. The van der Waals surface area contributed by atoms with Crippen LogP contribution in [0.4, 0.5) is 15.8 Å². The fourth-order valence-corrected chi connectivity index (χ4v) is 7.18. The van der Waals surface area contributed by atoms with Crippen molar-refractivity contribution in [1.82, 2.24) is 4.31 Å². The summed E-state index contributed by atoms with van der Waals surface area (Å²) in [6, 6.07) is 6.98. The monoisotopic (exact) mass is 571 g/mol. The molecule has 182 valence electrons. The number of nitrogens with zero attached hydrogens (tertiary/aromatic N) is 2. The Bertz CT molecular complexity index is 1260. The highest BCUT2D eigenvalue weighted by Gasteiger charge is 2.36. The summed E-state index contributed by atoms with van der Waals surface area (Å²) in [7, 11) is -3.93. The Morgan fingerprint density at radius 1 is 1.24 bits per heavy atom. The van der Waals surface area contributed by atoms with Crippen LogP contribution in [0.15, 0.2) is 39.7 Å². The minimum absolute atomic E-state index is 0.00805. The number of amides is 2. The molecule has 0 unspecified atom stereocenters. The summed E-state index contributed by atoms with van der Waals surface area (Å²) >= 11 is 9.40. The van der Waals surface area contributed by atoms with Crippen molar-refractivity contribution in [3.05, 3.63) is 51.2 Å². The molecule has 11 heteroatoms. The Morgan fingerprint density at radius 2 is 2.00 bits per heavy atom. The number of anilines is 2. The van der Waals surface area contributed by atoms with Gasteiger partial charge in [-0.15, -0.1) is 0 Å². The van der Waals surface area contributed by atoms with Crippen molar-refractivity contribution in [2.75, 3.05) is 29.9 Å². The lowest BCUT2D eigenvalue weighted by Crippen LogP contribution is -2.43. The first-order chi connectivity index (χ1) is 16.1. The molecule has 2 amide bonds. The van der Waals surface area contributed by atoms with Gasteiger partial charge >= 0.3 is 0 Å². The van der Waals surface area contributed by atoms with Crippen molar-refractivity contribution in [2.24, 2.45) is 5.92 Å². The average Bonchev–Trinajstić information content (AvgIpc) is 3.22. The third-order valence-electron chi connectivity index (χ3n) is 6.19. The quantitative estimate of drug-likeness (QED) is 0.568. The fraction of sp³-hybridized carbons (Fsp3) is 0.391. The number of sulfonamides is 1. The number of nitrogens with one attached hydrogen (secondary N) is 1. The Hall–Kier alpha value is -2.01. The summed E-state index contributed by atoms with van der Waals surface area (Å²) in [6.07, 6.45) is 2.02. The zero-order valence-electron chi connectivity index (χ0n) is 18.5. The second-order valence-corrected chi connectivity index (χ2v) is 11.5. The maximum atomic E-state index is 13.6. The molecule has 0 spiro atoms. The lowest BCUT2D eigenvalue weighted by Gasteiger charge is -2.31. The Kier molecular flexibility index (Phi) is 7.33. The number of fused-ring (bicyclic) bond motifs is 1. The van der Waals surface area contributed by atoms with E-state index in [1.165, 1.54) is 16.4 Å². The molecule has 2 aromatic rings. The summed E-state index contributed by atoms with van der Waals surface area (Å²) in [5.74, 6) is -1.53. The van der Waals surface area contributed by atoms with Crippen LogP contribution in [0.2, 0.25) is 5.02 Å². The molecule has 4 rings (SSSR count). The van der Waals surface area contributed by atoms with Gasteiger partial charge in [-0.3, -0.25) is 9.59 Å². The Labute approximate surface area is 211 Å². The second kappa shape index (κ2) is 9.93. The zero-order valence-corrected chi connectivity index (χ0v) is 21.6. The normalized spacial score (nSPS) is 18.6. The highest BCUT2D eigenvalue weighted by Crippen LogP contribution is 2.37. The topological polar surface area (TPSA) is 86.8 Å². The van der Waals surface area contributed by atoms with E-state index in [-0.39, 0.29) is 40.5 Å². The van der Waals surface area contributed by atoms with Crippen molar-refractivity contribution in [3.63, 3.8) is 0 Å². The molecule has 1 fully saturated rings. The van der Waals surface area contributed by atoms with Crippen LogP contribution in [-0.2, 0) is 26.0 Å². The number of piperidine rings is 1. The van der Waals surface area contributed by atoms with Crippen LogP contribution in [-0.4, -0.2) is 44.2 Å². The number of hydrogen-bond acceptors (Lipinski definition) is 4. The van der Waals surface area contributed by atoms with Crippen molar-refractivity contribution >= 4 is 60.7 Å². The molecule has 0 bridgehead atoms. The fourth-order valence-electron chi connectivity index (χ4n) is 4.38. The first kappa shape index (κ1) is 25.1. The van der Waals surface area contributed by atoms with Gasteiger partial charge in [-0.1, -0.05) is 18.5 Å². The minimum Gasteiger partial charge on any atom is -0.324 e. The molecular weight excluding hydrogens is 549 g/mol. The number of benzene rings is 2. The van der Waals surface area contributed by atoms with Gasteiger partial charge in [0, 0.05) is 36.2 Å². The van der Waals surface area contributed by atoms with E-state index in [1.54, 1.807) is 24.0 Å². The molecule has 0 aliphatic carbocycles. The molecule has 1 saturated heterocycles. The molecule has 1 atom stereocenters. The van der Waals surface area contributed by atoms with Crippen LogP contribution >= 0.6 is 27.5 Å². The van der Waals surface area contributed by atoms with E-state index >= 15 is 0 Å². The van der Waals surface area contributed by atoms with Gasteiger partial charge in [-0.05, 0) is 71.1 Å². The lowest BCUT2D eigenvalue weighted by molar-refractivity contribution is -0.121. The molecule has 0 aromatic heterocycles. The van der Waals surface area contributed by atoms with Crippen molar-refractivity contribution in [2.45, 2.75) is 37.5 Å². The van der Waals surface area contributed by atoms with Crippen molar-refractivity contribution < 1.29 is 22.4 Å². The van der Waals surface area contributed by atoms with Gasteiger partial charge in [0.25, 0.3) is 0 Å². The summed E-state index contributed by atoms with van der Waals surface area (Å²) < 4.78 is 42.2. The third-order valence-corrected chi connectivity index (χ3v) is 9.33. The predicted molar refractivity (Wildman–Crippen MR) is 132 cm³/mol. The molecule has 2 heterocycles. The van der Waals surface area contributed by atoms with Gasteiger partial charge in [0.05, 0.1) is 21.5 Å². The van der Waals surface area contributed by atoms with E-state index in [1.807, 2.05) is 0 Å². The Balaban J connectivity index is 1.56. The highest BCUT2D eigenvalue weighted by molar-refractivity contribution is 9.10. The van der Waals surface area contributed by atoms with Gasteiger partial charge in [0.2, 0.25) is 21.8 Å². The second-order valence-electron chi connectivity index (χ2n) is 8.38. The van der Waals surface area contributed by atoms with Crippen LogP contribution < -0.4 is 10.2 Å². The molecule has 7 nitrogen and oxygen atoms in total. The summed E-state index contributed by atoms with van der Waals surface area (Å²) in [5, 5.41) is 2.75. The van der Waals surface area contributed by atoms with Gasteiger partial charge < -0.3 is 10.2 Å². The maximum Gasteiger partial charge on any atom is 0.244 e. The smallest absolute Gasteiger partial charge is 0.244 e. The van der Waals surface area contributed by atoms with E-state index in [2.05, 4.69) is 21.2 Å². The molecule has 1 N–H and O–H groups in total. The lowest BCUT2D eigenvalue weighted by atomic mass is 9.98. The number of rotatable bonds is 5. The van der Waals surface area contributed by atoms with E-state index in [9.17, 15) is 22.4 Å². The number of carbonyl (C=O) groups is 2. The van der Waals surface area contributed by atoms with E-state index in [4.69, 9.17) is 11.6 Å². The molecule has 34 heavy (non-hydrogen) atoms. The van der Waals surface area contributed by atoms with E-state index < -0.39 is 21.8 Å². The van der Waals surface area contributed by atoms with Gasteiger partial charge in [-0.2, -0.15) is 4.31 Å². The number of carbonyl (C=O) groups excluding carboxylic acids is 2. The Morgan fingerprint density at radius 3 is 2.71 bits per heavy atom. The molecule has 2 aliphatic rings. The molecule has 2 aliphatic heterocycles. The van der Waals surface area contributed by atoms with Crippen LogP contribution in [0.1, 0.15) is 31.7 Å². The zero-order chi connectivity index (χ0) is 24.6. The first-order valence-corrected chi connectivity index (χ1v) is 13.6. The summed E-state index contributed by atoms with van der Waals surface area (Å²) in [4.78, 5) is 26.9. The van der Waals surface area contributed by atoms with Gasteiger partial charge in [0.1, 0.15) is 5.82 Å². The molecule has 0 radical (unpaired) electrons. The third kappa shape index (κ3) is 4.86. The number of hydrogen-bond donors (Lipinski definition) is 1. The SMILES string of the molecule is CCC(=O)N1CCc2cc(Br)c(S(=O)(=O)N3CCC[C@H](C(=O)Nc4ccc(F)cc4Cl)C3)cc21. The molecular formula is C23H24BrClFN3O4S. The maximum absolute atomic E-state index is 13.6. The van der Waals surface area contributed by atoms with Crippen LogP contribution in [0.3, 0.4) is 0 Å². The molecule has 0 saturated carbocycles. The van der Waals surface area contributed by atoms with E-state index in [0.29, 0.717) is 42.4 Å². The van der Waals surface area contributed by atoms with Crippen LogP contribution in [0, 0.1) is 11.7 Å². The average molecular weight is 573 g/mol. The standard InChI is InChI=1S/C23H24BrClFN3O4S/c1-2-22(30)29-9-7-14-10-17(24)21(12-20(14)29)34(32,33)28-8-3-4-15(13-28)23(31)27-19-6-5-16(26)11-18(19)25/h5-6,10-12,15H,2-4,7-9,13H2,1H3,(H,27,31)/t15-/m0/s1. The van der Waals surface area contributed by atoms with Gasteiger partial charge in [0.15, 0.2) is 0 Å². The van der Waals surface area contributed by atoms with Crippen LogP contribution in [0.5, 0.6) is 0 Å². The summed E-state index contributed by atoms with van der Waals surface area (Å²) in [6.45, 7) is 2.59. The largest absolute Gasteiger partial charge is 0.324 e. The molecule has 2 aromatic carbocycles. The minimum atomic E-state index is -3.93. The summed E-state index contributed by atoms with van der Waals surface area (Å²) in [5.41, 5.74) is 1.81. The highest BCUT2D eigenvalue weighted by atomic mass is 79.9.